The van der Waals surface area contributed by atoms with Gasteiger partial charge in [-0.3, -0.25) is 9.78 Å². The highest BCUT2D eigenvalue weighted by Gasteiger charge is 2.26. The minimum atomic E-state index is -0.0337. The van der Waals surface area contributed by atoms with E-state index in [-0.39, 0.29) is 11.8 Å². The second-order valence-electron chi connectivity index (χ2n) is 6.35. The summed E-state index contributed by atoms with van der Waals surface area (Å²) in [6.07, 6.45) is 4.36. The lowest BCUT2D eigenvalue weighted by Gasteiger charge is -2.22. The van der Waals surface area contributed by atoms with Gasteiger partial charge in [0.25, 0.3) is 0 Å². The van der Waals surface area contributed by atoms with Crippen LogP contribution in [0.3, 0.4) is 0 Å². The highest BCUT2D eigenvalue weighted by Crippen LogP contribution is 2.27. The molecule has 2 heterocycles. The van der Waals surface area contributed by atoms with Gasteiger partial charge in [-0.1, -0.05) is 31.2 Å². The minimum Gasteiger partial charge on any atom is -0.493 e. The molecule has 2 aromatic rings. The lowest BCUT2D eigenvalue weighted by molar-refractivity contribution is -0.135. The minimum absolute atomic E-state index is 0.0337. The summed E-state index contributed by atoms with van der Waals surface area (Å²) in [5.74, 6) is 1.04. The number of aryl methyl sites for hydroxylation is 1. The van der Waals surface area contributed by atoms with Crippen molar-refractivity contribution in [2.24, 2.45) is 5.92 Å². The third-order valence-electron chi connectivity index (χ3n) is 4.58. The predicted octanol–water partition coefficient (Wildman–Crippen LogP) is 3.24. The number of hydrogen-bond acceptors (Lipinski definition) is 3. The molecule has 1 unspecified atom stereocenters. The molecule has 3 rings (SSSR count). The van der Waals surface area contributed by atoms with Gasteiger partial charge in [0.1, 0.15) is 5.75 Å². The molecule has 1 aromatic heterocycles. The SMILES string of the molecule is CCc1ccc(CN(C)C(=O)C2CCOc3ccccc3C2)nc1. The highest BCUT2D eigenvalue weighted by molar-refractivity contribution is 5.79. The van der Waals surface area contributed by atoms with E-state index in [1.807, 2.05) is 43.6 Å². The van der Waals surface area contributed by atoms with Crippen LogP contribution in [-0.2, 0) is 24.2 Å². The van der Waals surface area contributed by atoms with Gasteiger partial charge in [-0.2, -0.15) is 0 Å². The van der Waals surface area contributed by atoms with Crippen LogP contribution in [-0.4, -0.2) is 29.4 Å². The molecule has 0 radical (unpaired) electrons. The molecule has 0 spiro atoms. The van der Waals surface area contributed by atoms with E-state index in [4.69, 9.17) is 4.74 Å². The second kappa shape index (κ2) is 7.47. The number of carbonyl (C=O) groups excluding carboxylic acids is 1. The van der Waals surface area contributed by atoms with Gasteiger partial charge in [0.15, 0.2) is 0 Å². The topological polar surface area (TPSA) is 42.4 Å². The van der Waals surface area contributed by atoms with Gasteiger partial charge in [-0.05, 0) is 42.5 Å². The molecule has 4 heteroatoms. The van der Waals surface area contributed by atoms with Crippen molar-refractivity contribution in [2.45, 2.75) is 32.7 Å². The Kier molecular flexibility index (Phi) is 5.14. The summed E-state index contributed by atoms with van der Waals surface area (Å²) in [4.78, 5) is 19.1. The first-order valence-corrected chi connectivity index (χ1v) is 8.57. The van der Waals surface area contributed by atoms with Crippen LogP contribution < -0.4 is 4.74 Å². The van der Waals surface area contributed by atoms with Crippen LogP contribution in [0.25, 0.3) is 0 Å². The van der Waals surface area contributed by atoms with Crippen LogP contribution in [0.15, 0.2) is 42.6 Å². The molecule has 0 saturated heterocycles. The van der Waals surface area contributed by atoms with Crippen molar-refractivity contribution in [1.82, 2.24) is 9.88 Å². The molecule has 0 saturated carbocycles. The monoisotopic (exact) mass is 324 g/mol. The predicted molar refractivity (Wildman–Crippen MR) is 93.8 cm³/mol. The molecule has 24 heavy (non-hydrogen) atoms. The first-order valence-electron chi connectivity index (χ1n) is 8.57. The summed E-state index contributed by atoms with van der Waals surface area (Å²) in [5.41, 5.74) is 3.26. The molecule has 126 valence electrons. The number of carbonyl (C=O) groups is 1. The summed E-state index contributed by atoms with van der Waals surface area (Å²) in [5, 5.41) is 0. The van der Waals surface area contributed by atoms with Gasteiger partial charge in [0.2, 0.25) is 5.91 Å². The van der Waals surface area contributed by atoms with Crippen molar-refractivity contribution in [2.75, 3.05) is 13.7 Å². The van der Waals surface area contributed by atoms with Crippen molar-refractivity contribution in [3.63, 3.8) is 0 Å². The average molecular weight is 324 g/mol. The number of amides is 1. The Hall–Kier alpha value is -2.36. The molecule has 0 bridgehead atoms. The van der Waals surface area contributed by atoms with Crippen LogP contribution in [0.2, 0.25) is 0 Å². The Morgan fingerprint density at radius 3 is 2.88 bits per heavy atom. The largest absolute Gasteiger partial charge is 0.493 e. The third-order valence-corrected chi connectivity index (χ3v) is 4.58. The number of pyridine rings is 1. The summed E-state index contributed by atoms with van der Waals surface area (Å²) in [6, 6.07) is 12.1. The number of rotatable bonds is 4. The smallest absolute Gasteiger partial charge is 0.226 e. The normalized spacial score (nSPS) is 16.7. The molecule has 4 nitrogen and oxygen atoms in total. The zero-order valence-corrected chi connectivity index (χ0v) is 14.4. The molecule has 1 amide bonds. The zero-order valence-electron chi connectivity index (χ0n) is 14.4. The molecular formula is C20H24N2O2. The molecule has 0 N–H and O–H groups in total. The number of para-hydroxylation sites is 1. The van der Waals surface area contributed by atoms with Crippen LogP contribution in [0.4, 0.5) is 0 Å². The van der Waals surface area contributed by atoms with E-state index in [0.29, 0.717) is 13.2 Å². The fraction of sp³-hybridized carbons (Fsp3) is 0.400. The Balaban J connectivity index is 1.66. The Morgan fingerprint density at radius 1 is 1.29 bits per heavy atom. The van der Waals surface area contributed by atoms with Crippen molar-refractivity contribution < 1.29 is 9.53 Å². The van der Waals surface area contributed by atoms with E-state index in [0.717, 1.165) is 36.3 Å². The van der Waals surface area contributed by atoms with Gasteiger partial charge < -0.3 is 9.64 Å². The van der Waals surface area contributed by atoms with Crippen molar-refractivity contribution in [3.05, 3.63) is 59.4 Å². The maximum atomic E-state index is 12.8. The number of hydrogen-bond donors (Lipinski definition) is 0. The highest BCUT2D eigenvalue weighted by atomic mass is 16.5. The van der Waals surface area contributed by atoms with Crippen molar-refractivity contribution >= 4 is 5.91 Å². The second-order valence-corrected chi connectivity index (χ2v) is 6.35. The molecule has 1 aliphatic rings. The summed E-state index contributed by atoms with van der Waals surface area (Å²) in [6.45, 7) is 3.24. The lowest BCUT2D eigenvalue weighted by atomic mass is 9.95. The van der Waals surface area contributed by atoms with E-state index < -0.39 is 0 Å². The van der Waals surface area contributed by atoms with Crippen LogP contribution >= 0.6 is 0 Å². The quantitative estimate of drug-likeness (QED) is 0.867. The standard InChI is InChI=1S/C20H24N2O2/c1-3-15-8-9-18(21-13-15)14-22(2)20(23)17-10-11-24-19-7-5-4-6-16(19)12-17/h4-9,13,17H,3,10-12,14H2,1-2H3. The summed E-state index contributed by atoms with van der Waals surface area (Å²) in [7, 11) is 1.86. The van der Waals surface area contributed by atoms with Gasteiger partial charge in [0, 0.05) is 19.2 Å². The van der Waals surface area contributed by atoms with Crippen LogP contribution in [0.5, 0.6) is 5.75 Å². The van der Waals surface area contributed by atoms with Gasteiger partial charge in [-0.25, -0.2) is 0 Å². The van der Waals surface area contributed by atoms with E-state index in [2.05, 4.69) is 18.0 Å². The molecule has 1 aliphatic heterocycles. The van der Waals surface area contributed by atoms with E-state index in [1.165, 1.54) is 5.56 Å². The summed E-state index contributed by atoms with van der Waals surface area (Å²) >= 11 is 0. The van der Waals surface area contributed by atoms with Crippen LogP contribution in [0.1, 0.15) is 30.2 Å². The maximum Gasteiger partial charge on any atom is 0.226 e. The number of ether oxygens (including phenoxy) is 1. The van der Waals surface area contributed by atoms with E-state index in [9.17, 15) is 4.79 Å². The van der Waals surface area contributed by atoms with Gasteiger partial charge >= 0.3 is 0 Å². The first kappa shape index (κ1) is 16.5. The van der Waals surface area contributed by atoms with Crippen LogP contribution in [0, 0.1) is 5.92 Å². The zero-order chi connectivity index (χ0) is 16.9. The molecule has 0 fully saturated rings. The summed E-state index contributed by atoms with van der Waals surface area (Å²) < 4.78 is 5.77. The number of aromatic nitrogens is 1. The van der Waals surface area contributed by atoms with Crippen molar-refractivity contribution in [1.29, 1.82) is 0 Å². The molecule has 1 atom stereocenters. The number of nitrogens with zero attached hydrogens (tertiary/aromatic N) is 2. The molecule has 1 aromatic carbocycles. The Morgan fingerprint density at radius 2 is 2.12 bits per heavy atom. The first-order chi connectivity index (χ1) is 11.7. The lowest BCUT2D eigenvalue weighted by Crippen LogP contribution is -2.34. The van der Waals surface area contributed by atoms with Gasteiger partial charge in [0.05, 0.1) is 18.8 Å². The molecular weight excluding hydrogens is 300 g/mol. The maximum absolute atomic E-state index is 12.8. The fourth-order valence-corrected chi connectivity index (χ4v) is 3.09. The van der Waals surface area contributed by atoms with Gasteiger partial charge in [-0.15, -0.1) is 0 Å². The number of benzene rings is 1. The van der Waals surface area contributed by atoms with E-state index in [1.54, 1.807) is 4.90 Å². The average Bonchev–Trinajstić information content (AvgIpc) is 2.84. The fourth-order valence-electron chi connectivity index (χ4n) is 3.09. The Bertz CT molecular complexity index is 697. The van der Waals surface area contributed by atoms with Crippen molar-refractivity contribution in [3.8, 4) is 5.75 Å². The number of fused-ring (bicyclic) bond motifs is 1. The molecule has 0 aliphatic carbocycles. The third kappa shape index (κ3) is 3.75. The Labute approximate surface area is 143 Å². The van der Waals surface area contributed by atoms with E-state index >= 15 is 0 Å².